The molecule has 0 bridgehead atoms. The quantitative estimate of drug-likeness (QED) is 0.539. The molecule has 0 amide bonds. The molecule has 0 N–H and O–H groups in total. The summed E-state index contributed by atoms with van der Waals surface area (Å²) >= 11 is 0. The molecule has 1 heteroatoms. The van der Waals surface area contributed by atoms with Crippen molar-refractivity contribution < 1.29 is 0 Å². The summed E-state index contributed by atoms with van der Waals surface area (Å²) in [5, 5.41) is 4.45. The van der Waals surface area contributed by atoms with E-state index in [1.807, 2.05) is 0 Å². The van der Waals surface area contributed by atoms with Gasteiger partial charge in [0, 0.05) is 0 Å². The average molecular weight is 370 g/mol. The number of allylic oxidation sites excluding steroid dienone is 4. The number of hydrogen-bond donors (Lipinski definition) is 0. The number of hydrogen-bond acceptors (Lipinski definition) is 0. The van der Waals surface area contributed by atoms with Crippen molar-refractivity contribution in [3.63, 3.8) is 0 Å². The molecule has 0 aromatic heterocycles. The number of rotatable bonds is 5. The fraction of sp³-hybridized carbons (Fsp3) is 0.154. The Morgan fingerprint density at radius 3 is 1.52 bits per heavy atom. The normalized spacial score (nSPS) is 17.4. The topological polar surface area (TPSA) is 0 Å². The third kappa shape index (κ3) is 3.68. The Labute approximate surface area is 163 Å². The zero-order chi connectivity index (χ0) is 18.5. The predicted octanol–water partition coefficient (Wildman–Crippen LogP) is 5.24. The molecule has 0 nitrogen and oxygen atoms in total. The van der Waals surface area contributed by atoms with Crippen LogP contribution in [0.2, 0.25) is 0 Å². The Morgan fingerprint density at radius 2 is 1.15 bits per heavy atom. The first kappa shape index (κ1) is 18.0. The minimum absolute atomic E-state index is 0.648. The Morgan fingerprint density at radius 1 is 0.704 bits per heavy atom. The standard InChI is InChI=1S/C26H27P/c1-22-17-19-23(20-18-22)21-27(24-11-5-2-6-12-24,25-13-7-3-8-14-25)26-15-9-4-10-16-26/h2-17,19-20,22,27H,18,21H2,1H3. The van der Waals surface area contributed by atoms with Gasteiger partial charge in [-0.05, 0) is 0 Å². The molecule has 0 saturated carbocycles. The van der Waals surface area contributed by atoms with Crippen LogP contribution in [0.1, 0.15) is 13.3 Å². The van der Waals surface area contributed by atoms with Crippen LogP contribution in [0.4, 0.5) is 0 Å². The van der Waals surface area contributed by atoms with Gasteiger partial charge in [0.25, 0.3) is 0 Å². The van der Waals surface area contributed by atoms with Crippen molar-refractivity contribution in [2.24, 2.45) is 5.92 Å². The maximum absolute atomic E-state index is 2.46. The van der Waals surface area contributed by atoms with Crippen LogP contribution in [0.3, 0.4) is 0 Å². The molecule has 136 valence electrons. The van der Waals surface area contributed by atoms with E-state index in [-0.39, 0.29) is 0 Å². The summed E-state index contributed by atoms with van der Waals surface area (Å²) in [6.07, 6.45) is 9.45. The van der Waals surface area contributed by atoms with Crippen molar-refractivity contribution in [1.82, 2.24) is 0 Å². The Bertz CT molecular complexity index is 827. The van der Waals surface area contributed by atoms with Crippen molar-refractivity contribution in [3.8, 4) is 0 Å². The first-order valence-corrected chi connectivity index (χ1v) is 12.0. The van der Waals surface area contributed by atoms with Crippen molar-refractivity contribution in [2.75, 3.05) is 6.16 Å². The zero-order valence-corrected chi connectivity index (χ0v) is 16.9. The monoisotopic (exact) mass is 370 g/mol. The van der Waals surface area contributed by atoms with Crippen molar-refractivity contribution in [1.29, 1.82) is 0 Å². The van der Waals surface area contributed by atoms with E-state index in [1.165, 1.54) is 21.5 Å². The van der Waals surface area contributed by atoms with Gasteiger partial charge in [-0.15, -0.1) is 0 Å². The summed E-state index contributed by atoms with van der Waals surface area (Å²) in [5.41, 5.74) is 1.48. The van der Waals surface area contributed by atoms with Gasteiger partial charge in [0.2, 0.25) is 0 Å². The van der Waals surface area contributed by atoms with E-state index in [4.69, 9.17) is 0 Å². The van der Waals surface area contributed by atoms with Gasteiger partial charge in [-0.25, -0.2) is 0 Å². The van der Waals surface area contributed by atoms with Crippen molar-refractivity contribution in [3.05, 3.63) is 115 Å². The van der Waals surface area contributed by atoms with E-state index < -0.39 is 7.26 Å². The third-order valence-electron chi connectivity index (χ3n) is 5.66. The van der Waals surface area contributed by atoms with Gasteiger partial charge in [-0.3, -0.25) is 0 Å². The van der Waals surface area contributed by atoms with Crippen LogP contribution in [-0.2, 0) is 0 Å². The molecule has 0 spiro atoms. The van der Waals surface area contributed by atoms with Crippen molar-refractivity contribution >= 4 is 23.2 Å². The Kier molecular flexibility index (Phi) is 5.37. The fourth-order valence-corrected chi connectivity index (χ4v) is 8.95. The molecule has 1 aliphatic carbocycles. The zero-order valence-electron chi connectivity index (χ0n) is 15.9. The maximum atomic E-state index is 2.46. The number of benzene rings is 3. The molecule has 0 aliphatic heterocycles. The second-order valence-electron chi connectivity index (χ2n) is 7.53. The summed E-state index contributed by atoms with van der Waals surface area (Å²) in [7, 11) is -2.15. The fourth-order valence-electron chi connectivity index (χ4n) is 4.18. The predicted molar refractivity (Wildman–Crippen MR) is 122 cm³/mol. The van der Waals surface area contributed by atoms with Crippen LogP contribution in [0.15, 0.2) is 115 Å². The average Bonchev–Trinajstić information content (AvgIpc) is 2.75. The molecule has 3 aromatic carbocycles. The molecule has 0 fully saturated rings. The van der Waals surface area contributed by atoms with Crippen molar-refractivity contribution in [2.45, 2.75) is 13.3 Å². The van der Waals surface area contributed by atoms with Crippen LogP contribution < -0.4 is 15.9 Å². The first-order chi connectivity index (χ1) is 13.3. The van der Waals surface area contributed by atoms with Gasteiger partial charge >= 0.3 is 163 Å². The van der Waals surface area contributed by atoms with E-state index in [2.05, 4.69) is 116 Å². The van der Waals surface area contributed by atoms with Gasteiger partial charge in [0.05, 0.1) is 0 Å². The van der Waals surface area contributed by atoms with E-state index in [9.17, 15) is 0 Å². The molecular formula is C26H27P. The van der Waals surface area contributed by atoms with Gasteiger partial charge in [-0.2, -0.15) is 0 Å². The Hall–Kier alpha value is -2.43. The van der Waals surface area contributed by atoms with Gasteiger partial charge in [0.1, 0.15) is 0 Å². The summed E-state index contributed by atoms with van der Waals surface area (Å²) in [6, 6.07) is 33.5. The molecule has 27 heavy (non-hydrogen) atoms. The molecule has 1 aliphatic rings. The van der Waals surface area contributed by atoms with Crippen LogP contribution in [-0.4, -0.2) is 6.16 Å². The first-order valence-electron chi connectivity index (χ1n) is 9.83. The molecule has 0 radical (unpaired) electrons. The van der Waals surface area contributed by atoms with E-state index in [0.29, 0.717) is 5.92 Å². The molecule has 4 rings (SSSR count). The molecular weight excluding hydrogens is 343 g/mol. The summed E-state index contributed by atoms with van der Waals surface area (Å²) in [5.74, 6) is 0.648. The van der Waals surface area contributed by atoms with Crippen LogP contribution in [0, 0.1) is 5.92 Å². The summed E-state index contributed by atoms with van der Waals surface area (Å²) < 4.78 is 0. The second-order valence-corrected chi connectivity index (χ2v) is 11.4. The van der Waals surface area contributed by atoms with Gasteiger partial charge in [0.15, 0.2) is 0 Å². The van der Waals surface area contributed by atoms with Gasteiger partial charge < -0.3 is 0 Å². The summed E-state index contributed by atoms with van der Waals surface area (Å²) in [6.45, 7) is 2.29. The third-order valence-corrected chi connectivity index (χ3v) is 10.6. The van der Waals surface area contributed by atoms with Gasteiger partial charge in [-0.1, -0.05) is 0 Å². The minimum atomic E-state index is -2.15. The molecule has 0 saturated heterocycles. The van der Waals surface area contributed by atoms with Crippen LogP contribution >= 0.6 is 7.26 Å². The van der Waals surface area contributed by atoms with E-state index in [0.717, 1.165) is 12.6 Å². The molecule has 3 aromatic rings. The van der Waals surface area contributed by atoms with Crippen LogP contribution in [0.25, 0.3) is 0 Å². The SMILES string of the molecule is CC1C=CC(C[PH](c2ccccc2)(c2ccccc2)c2ccccc2)=CC1. The molecule has 1 atom stereocenters. The van der Waals surface area contributed by atoms with E-state index in [1.54, 1.807) is 0 Å². The Balaban J connectivity index is 1.94. The van der Waals surface area contributed by atoms with E-state index >= 15 is 0 Å². The van der Waals surface area contributed by atoms with Crippen LogP contribution in [0.5, 0.6) is 0 Å². The molecule has 0 heterocycles. The molecule has 1 unspecified atom stereocenters. The second kappa shape index (κ2) is 8.07. The summed E-state index contributed by atoms with van der Waals surface area (Å²) in [4.78, 5) is 0.